The summed E-state index contributed by atoms with van der Waals surface area (Å²) in [5.74, 6) is 0.477. The van der Waals surface area contributed by atoms with Crippen LogP contribution < -0.4 is 10.1 Å². The van der Waals surface area contributed by atoms with Gasteiger partial charge in [0.25, 0.3) is 0 Å². The van der Waals surface area contributed by atoms with Crippen LogP contribution in [0.15, 0.2) is 95.9 Å². The lowest BCUT2D eigenvalue weighted by Gasteiger charge is -2.24. The molecule has 0 aliphatic heterocycles. The van der Waals surface area contributed by atoms with Crippen LogP contribution in [0, 0.1) is 20.8 Å². The van der Waals surface area contributed by atoms with Crippen LogP contribution in [0.25, 0.3) is 0 Å². The van der Waals surface area contributed by atoms with Gasteiger partial charge in [-0.15, -0.1) is 0 Å². The molecule has 6 nitrogen and oxygen atoms in total. The molecule has 0 aliphatic carbocycles. The fourth-order valence-corrected chi connectivity index (χ4v) is 6.52. The topological polar surface area (TPSA) is 75.7 Å². The number of rotatable bonds is 10. The van der Waals surface area contributed by atoms with Crippen LogP contribution in [0.5, 0.6) is 11.5 Å². The van der Waals surface area contributed by atoms with Crippen molar-refractivity contribution in [2.45, 2.75) is 32.1 Å². The van der Waals surface area contributed by atoms with Gasteiger partial charge in [-0.1, -0.05) is 77.8 Å². The molecule has 4 aromatic rings. The molecule has 1 amide bonds. The maximum atomic E-state index is 14.0. The van der Waals surface area contributed by atoms with Crippen LogP contribution in [0.2, 0.25) is 5.02 Å². The Morgan fingerprint density at radius 1 is 0.872 bits per heavy atom. The van der Waals surface area contributed by atoms with Gasteiger partial charge in [-0.25, -0.2) is 8.42 Å². The maximum Gasteiger partial charge on any atom is 0.244 e. The molecule has 0 heterocycles. The molecule has 0 saturated carbocycles. The summed E-state index contributed by atoms with van der Waals surface area (Å²) in [5, 5.41) is 3.22. The summed E-state index contributed by atoms with van der Waals surface area (Å²) in [7, 11) is -3.99. The van der Waals surface area contributed by atoms with E-state index in [2.05, 4.69) is 5.32 Å². The zero-order valence-corrected chi connectivity index (χ0v) is 23.7. The van der Waals surface area contributed by atoms with Crippen molar-refractivity contribution in [2.75, 3.05) is 18.4 Å². The van der Waals surface area contributed by atoms with Crippen LogP contribution in [-0.4, -0.2) is 31.7 Å². The van der Waals surface area contributed by atoms with E-state index in [4.69, 9.17) is 16.3 Å². The van der Waals surface area contributed by atoms with Gasteiger partial charge in [-0.2, -0.15) is 4.31 Å². The number of ether oxygens (including phenoxy) is 1. The van der Waals surface area contributed by atoms with Gasteiger partial charge in [0.15, 0.2) is 5.75 Å². The summed E-state index contributed by atoms with van der Waals surface area (Å²) >= 11 is 6.21. The van der Waals surface area contributed by atoms with Crippen molar-refractivity contribution in [3.05, 3.63) is 118 Å². The minimum atomic E-state index is -3.99. The Bertz CT molecular complexity index is 1540. The number of aryl methyl sites for hydroxylation is 3. The molecule has 1 N–H and O–H groups in total. The summed E-state index contributed by atoms with van der Waals surface area (Å²) in [6.45, 7) is 5.24. The van der Waals surface area contributed by atoms with Crippen molar-refractivity contribution < 1.29 is 17.9 Å². The van der Waals surface area contributed by atoms with Crippen molar-refractivity contribution in [3.8, 4) is 11.5 Å². The molecule has 39 heavy (non-hydrogen) atoms. The number of nitrogens with one attached hydrogen (secondary N) is 1. The Morgan fingerprint density at radius 3 is 2.13 bits per heavy atom. The van der Waals surface area contributed by atoms with Gasteiger partial charge >= 0.3 is 0 Å². The molecule has 0 saturated heterocycles. The third-order valence-electron chi connectivity index (χ3n) is 6.20. The molecule has 0 aromatic heterocycles. The number of hydrogen-bond donors (Lipinski definition) is 1. The highest BCUT2D eigenvalue weighted by Gasteiger charge is 2.30. The number of carbonyl (C=O) groups is 1. The minimum absolute atomic E-state index is 0.134. The highest BCUT2D eigenvalue weighted by atomic mass is 35.5. The van der Waals surface area contributed by atoms with Crippen LogP contribution in [0.4, 0.5) is 5.69 Å². The SMILES string of the molecule is Cc1cc(C)c(S(=O)(=O)N(CCc2ccccc2)CC(=O)Nc2cc(Cl)ccc2Oc2ccccc2)c(C)c1. The number of anilines is 1. The predicted molar refractivity (Wildman–Crippen MR) is 156 cm³/mol. The maximum absolute atomic E-state index is 14.0. The number of para-hydroxylation sites is 1. The average Bonchev–Trinajstić information content (AvgIpc) is 2.88. The van der Waals surface area contributed by atoms with Crippen molar-refractivity contribution in [2.24, 2.45) is 0 Å². The van der Waals surface area contributed by atoms with Gasteiger partial charge in [-0.3, -0.25) is 4.79 Å². The van der Waals surface area contributed by atoms with Crippen molar-refractivity contribution in [1.29, 1.82) is 0 Å². The first-order valence-corrected chi connectivity index (χ1v) is 14.4. The van der Waals surface area contributed by atoms with Crippen molar-refractivity contribution >= 4 is 33.2 Å². The lowest BCUT2D eigenvalue weighted by molar-refractivity contribution is -0.116. The number of sulfonamides is 1. The van der Waals surface area contributed by atoms with Gasteiger partial charge in [0.1, 0.15) is 5.75 Å². The molecular weight excluding hydrogens is 532 g/mol. The van der Waals surface area contributed by atoms with E-state index in [1.807, 2.05) is 67.6 Å². The van der Waals surface area contributed by atoms with E-state index in [-0.39, 0.29) is 18.0 Å². The van der Waals surface area contributed by atoms with Gasteiger partial charge in [0.05, 0.1) is 17.1 Å². The largest absolute Gasteiger partial charge is 0.455 e. The minimum Gasteiger partial charge on any atom is -0.455 e. The molecule has 8 heteroatoms. The molecule has 202 valence electrons. The monoisotopic (exact) mass is 562 g/mol. The Labute approximate surface area is 235 Å². The van der Waals surface area contributed by atoms with E-state index in [0.717, 1.165) is 11.1 Å². The molecule has 4 aromatic carbocycles. The number of halogens is 1. The molecular formula is C31H31ClN2O4S. The second-order valence-corrected chi connectivity index (χ2v) is 11.7. The molecule has 0 fully saturated rings. The van der Waals surface area contributed by atoms with E-state index < -0.39 is 15.9 Å². The molecule has 0 radical (unpaired) electrons. The molecule has 0 bridgehead atoms. The van der Waals surface area contributed by atoms with Crippen LogP contribution in [-0.2, 0) is 21.2 Å². The summed E-state index contributed by atoms with van der Waals surface area (Å²) in [4.78, 5) is 13.6. The van der Waals surface area contributed by atoms with E-state index in [1.54, 1.807) is 44.2 Å². The summed E-state index contributed by atoms with van der Waals surface area (Å²) in [5.41, 5.74) is 3.59. The second kappa shape index (κ2) is 12.5. The Morgan fingerprint density at radius 2 is 1.49 bits per heavy atom. The van der Waals surface area contributed by atoms with E-state index in [1.165, 1.54) is 4.31 Å². The third kappa shape index (κ3) is 7.26. The van der Waals surface area contributed by atoms with Gasteiger partial charge in [0, 0.05) is 11.6 Å². The van der Waals surface area contributed by atoms with Gasteiger partial charge < -0.3 is 10.1 Å². The molecule has 4 rings (SSSR count). The normalized spacial score (nSPS) is 11.4. The number of carbonyl (C=O) groups excluding carboxylic acids is 1. The first-order chi connectivity index (χ1) is 18.6. The van der Waals surface area contributed by atoms with E-state index in [0.29, 0.717) is 39.8 Å². The number of benzene rings is 4. The highest BCUT2D eigenvalue weighted by molar-refractivity contribution is 7.89. The lowest BCUT2D eigenvalue weighted by atomic mass is 10.1. The number of amides is 1. The standard InChI is InChI=1S/C31H31ClN2O4S/c1-22-18-23(2)31(24(3)19-22)39(36,37)34(17-16-25-10-6-4-7-11-25)21-30(35)33-28-20-26(32)14-15-29(28)38-27-12-8-5-9-13-27/h4-15,18-20H,16-17,21H2,1-3H3,(H,33,35). The van der Waals surface area contributed by atoms with Crippen LogP contribution >= 0.6 is 11.6 Å². The smallest absolute Gasteiger partial charge is 0.244 e. The third-order valence-corrected chi connectivity index (χ3v) is 8.59. The molecule has 0 aliphatic rings. The zero-order valence-electron chi connectivity index (χ0n) is 22.1. The van der Waals surface area contributed by atoms with Crippen molar-refractivity contribution in [3.63, 3.8) is 0 Å². The zero-order chi connectivity index (χ0) is 28.0. The fourth-order valence-electron chi connectivity index (χ4n) is 4.54. The summed E-state index contributed by atoms with van der Waals surface area (Å²) in [6, 6.07) is 27.3. The molecule has 0 unspecified atom stereocenters. The Balaban J connectivity index is 1.62. The van der Waals surface area contributed by atoms with E-state index in [9.17, 15) is 13.2 Å². The number of nitrogens with zero attached hydrogens (tertiary/aromatic N) is 1. The average molecular weight is 563 g/mol. The second-order valence-electron chi connectivity index (χ2n) is 9.41. The molecule has 0 atom stereocenters. The first-order valence-electron chi connectivity index (χ1n) is 12.6. The van der Waals surface area contributed by atoms with Gasteiger partial charge in [0.2, 0.25) is 15.9 Å². The highest BCUT2D eigenvalue weighted by Crippen LogP contribution is 2.32. The van der Waals surface area contributed by atoms with Crippen LogP contribution in [0.3, 0.4) is 0 Å². The first kappa shape index (κ1) is 28.4. The predicted octanol–water partition coefficient (Wildman–Crippen LogP) is 6.93. The summed E-state index contributed by atoms with van der Waals surface area (Å²) < 4.78 is 35.1. The lowest BCUT2D eigenvalue weighted by Crippen LogP contribution is -2.40. The Kier molecular flexibility index (Phi) is 9.07. The number of hydrogen-bond acceptors (Lipinski definition) is 4. The van der Waals surface area contributed by atoms with Crippen LogP contribution in [0.1, 0.15) is 22.3 Å². The molecule has 0 spiro atoms. The van der Waals surface area contributed by atoms with Gasteiger partial charge in [-0.05, 0) is 74.2 Å². The van der Waals surface area contributed by atoms with Crippen molar-refractivity contribution in [1.82, 2.24) is 4.31 Å². The fraction of sp³-hybridized carbons (Fsp3) is 0.194. The quantitative estimate of drug-likeness (QED) is 0.227. The Hall–Kier alpha value is -3.65. The summed E-state index contributed by atoms with van der Waals surface area (Å²) in [6.07, 6.45) is 0.455. The van der Waals surface area contributed by atoms with E-state index >= 15 is 0 Å².